The van der Waals surface area contributed by atoms with Crippen LogP contribution in [0.25, 0.3) is 0 Å². The maximum Gasteiger partial charge on any atom is 0.328 e. The number of terminal acetylenes is 1. The van der Waals surface area contributed by atoms with Gasteiger partial charge in [-0.05, 0) is 6.92 Å². The molecule has 1 amide bonds. The van der Waals surface area contributed by atoms with E-state index in [1.54, 1.807) is 6.92 Å². The second-order valence-corrected chi connectivity index (χ2v) is 2.50. The summed E-state index contributed by atoms with van der Waals surface area (Å²) < 4.78 is 4.68. The summed E-state index contributed by atoms with van der Waals surface area (Å²) in [5.41, 5.74) is 0. The lowest BCUT2D eigenvalue weighted by atomic mass is 10.5. The number of nitrogens with zero attached hydrogens (tertiary/aromatic N) is 2. The van der Waals surface area contributed by atoms with Crippen molar-refractivity contribution in [1.29, 1.82) is 0 Å². The Hall–Kier alpha value is -1.87. The van der Waals surface area contributed by atoms with Crippen LogP contribution in [0.15, 0.2) is 4.52 Å². The maximum atomic E-state index is 11.1. The number of anilines is 1. The van der Waals surface area contributed by atoms with Crippen molar-refractivity contribution < 1.29 is 9.32 Å². The summed E-state index contributed by atoms with van der Waals surface area (Å²) in [6.45, 7) is 2.12. The van der Waals surface area contributed by atoms with E-state index in [1.807, 2.05) is 0 Å². The number of aromatic nitrogens is 2. The minimum Gasteiger partial charge on any atom is -0.315 e. The molecule has 6 heteroatoms. The van der Waals surface area contributed by atoms with E-state index in [-0.39, 0.29) is 18.5 Å². The van der Waals surface area contributed by atoms with Gasteiger partial charge in [0.05, 0.1) is 13.1 Å². The third-order valence-electron chi connectivity index (χ3n) is 1.29. The molecule has 1 aromatic rings. The normalized spacial score (nSPS) is 9.43. The molecule has 14 heavy (non-hydrogen) atoms. The number of hydrogen-bond acceptors (Lipinski definition) is 5. The second-order valence-electron chi connectivity index (χ2n) is 2.50. The van der Waals surface area contributed by atoms with E-state index in [0.29, 0.717) is 12.4 Å². The Balaban J connectivity index is 2.31. The smallest absolute Gasteiger partial charge is 0.315 e. The van der Waals surface area contributed by atoms with Crippen LogP contribution in [0.4, 0.5) is 6.01 Å². The highest BCUT2D eigenvalue weighted by Gasteiger charge is 2.06. The predicted octanol–water partition coefficient (Wildman–Crippen LogP) is -0.461. The Morgan fingerprint density at radius 3 is 3.07 bits per heavy atom. The monoisotopic (exact) mass is 194 g/mol. The fraction of sp³-hybridized carbons (Fsp3) is 0.375. The van der Waals surface area contributed by atoms with Gasteiger partial charge in [-0.1, -0.05) is 11.1 Å². The van der Waals surface area contributed by atoms with Gasteiger partial charge in [0, 0.05) is 0 Å². The Morgan fingerprint density at radius 2 is 2.50 bits per heavy atom. The van der Waals surface area contributed by atoms with Crippen LogP contribution in [0.1, 0.15) is 5.82 Å². The van der Waals surface area contributed by atoms with E-state index in [1.165, 1.54) is 0 Å². The summed E-state index contributed by atoms with van der Waals surface area (Å²) in [5.74, 6) is 2.54. The first-order chi connectivity index (χ1) is 6.72. The SMILES string of the molecule is C#CCNCC(=O)Nc1nc(C)no1. The molecule has 0 atom stereocenters. The third-order valence-corrected chi connectivity index (χ3v) is 1.29. The number of carbonyl (C=O) groups excluding carboxylic acids is 1. The minimum atomic E-state index is -0.274. The highest BCUT2D eigenvalue weighted by atomic mass is 16.5. The van der Waals surface area contributed by atoms with Gasteiger partial charge in [-0.2, -0.15) is 4.98 Å². The lowest BCUT2D eigenvalue weighted by molar-refractivity contribution is -0.115. The number of amides is 1. The fourth-order valence-corrected chi connectivity index (χ4v) is 0.760. The van der Waals surface area contributed by atoms with Crippen molar-refractivity contribution in [2.45, 2.75) is 6.92 Å². The number of hydrogen-bond donors (Lipinski definition) is 2. The molecule has 0 aromatic carbocycles. The molecular weight excluding hydrogens is 184 g/mol. The van der Waals surface area contributed by atoms with Crippen molar-refractivity contribution >= 4 is 11.9 Å². The molecule has 0 fully saturated rings. The van der Waals surface area contributed by atoms with Crippen LogP contribution < -0.4 is 10.6 Å². The van der Waals surface area contributed by atoms with Gasteiger partial charge < -0.3 is 4.52 Å². The lowest BCUT2D eigenvalue weighted by Gasteiger charge is -1.98. The molecule has 1 heterocycles. The van der Waals surface area contributed by atoms with E-state index in [2.05, 4.69) is 31.2 Å². The molecule has 6 nitrogen and oxygen atoms in total. The van der Waals surface area contributed by atoms with Gasteiger partial charge in [-0.15, -0.1) is 6.42 Å². The summed E-state index contributed by atoms with van der Waals surface area (Å²) in [5, 5.41) is 8.65. The van der Waals surface area contributed by atoms with Gasteiger partial charge in [-0.25, -0.2) is 0 Å². The van der Waals surface area contributed by atoms with Crippen LogP contribution in [0, 0.1) is 19.3 Å². The molecule has 74 valence electrons. The molecule has 0 aliphatic carbocycles. The van der Waals surface area contributed by atoms with E-state index in [9.17, 15) is 4.79 Å². The fourth-order valence-electron chi connectivity index (χ4n) is 0.760. The molecule has 0 radical (unpaired) electrons. The number of carbonyl (C=O) groups is 1. The third kappa shape index (κ3) is 3.25. The Bertz CT molecular complexity index is 352. The first-order valence-electron chi connectivity index (χ1n) is 3.96. The van der Waals surface area contributed by atoms with Gasteiger partial charge in [0.15, 0.2) is 5.82 Å². The summed E-state index contributed by atoms with van der Waals surface area (Å²) >= 11 is 0. The zero-order valence-corrected chi connectivity index (χ0v) is 7.70. The van der Waals surface area contributed by atoms with Gasteiger partial charge in [0.1, 0.15) is 0 Å². The van der Waals surface area contributed by atoms with Crippen LogP contribution in [-0.2, 0) is 4.79 Å². The Labute approximate surface area is 81.1 Å². The number of aryl methyl sites for hydroxylation is 1. The van der Waals surface area contributed by atoms with Crippen LogP contribution in [-0.4, -0.2) is 29.1 Å². The van der Waals surface area contributed by atoms with Gasteiger partial charge in [0.2, 0.25) is 5.91 Å². The van der Waals surface area contributed by atoms with E-state index in [0.717, 1.165) is 0 Å². The van der Waals surface area contributed by atoms with Crippen LogP contribution >= 0.6 is 0 Å². The molecule has 0 saturated carbocycles. The molecule has 0 unspecified atom stereocenters. The average molecular weight is 194 g/mol. The van der Waals surface area contributed by atoms with E-state index < -0.39 is 0 Å². The zero-order valence-electron chi connectivity index (χ0n) is 7.70. The first-order valence-corrected chi connectivity index (χ1v) is 3.96. The summed E-state index contributed by atoms with van der Waals surface area (Å²) in [7, 11) is 0. The maximum absolute atomic E-state index is 11.1. The number of rotatable bonds is 4. The predicted molar refractivity (Wildman–Crippen MR) is 49.4 cm³/mol. The topological polar surface area (TPSA) is 80.0 Å². The first kappa shape index (κ1) is 10.2. The van der Waals surface area contributed by atoms with Crippen molar-refractivity contribution in [3.63, 3.8) is 0 Å². The quantitative estimate of drug-likeness (QED) is 0.500. The van der Waals surface area contributed by atoms with Gasteiger partial charge >= 0.3 is 6.01 Å². The summed E-state index contributed by atoms with van der Waals surface area (Å²) in [6, 6.07) is 0.0926. The van der Waals surface area contributed by atoms with Crippen LogP contribution in [0.2, 0.25) is 0 Å². The summed E-state index contributed by atoms with van der Waals surface area (Å²) in [6.07, 6.45) is 4.99. The molecular formula is C8H10N4O2. The minimum absolute atomic E-state index is 0.0926. The molecule has 0 saturated heterocycles. The summed E-state index contributed by atoms with van der Waals surface area (Å²) in [4.78, 5) is 14.9. The van der Waals surface area contributed by atoms with Gasteiger partial charge in [-0.3, -0.25) is 15.4 Å². The van der Waals surface area contributed by atoms with Crippen molar-refractivity contribution in [2.75, 3.05) is 18.4 Å². The molecule has 1 aromatic heterocycles. The standard InChI is InChI=1S/C8H10N4O2/c1-3-4-9-5-7(13)11-8-10-6(2)12-14-8/h1,9H,4-5H2,2H3,(H,10,11,12,13). The zero-order chi connectivity index (χ0) is 10.4. The van der Waals surface area contributed by atoms with Gasteiger partial charge in [0.25, 0.3) is 0 Å². The van der Waals surface area contributed by atoms with Crippen molar-refractivity contribution in [3.8, 4) is 12.3 Å². The van der Waals surface area contributed by atoms with E-state index in [4.69, 9.17) is 6.42 Å². The molecule has 0 spiro atoms. The average Bonchev–Trinajstić information content (AvgIpc) is 2.52. The molecule has 2 N–H and O–H groups in total. The second kappa shape index (κ2) is 4.99. The molecule has 0 aliphatic heterocycles. The van der Waals surface area contributed by atoms with Crippen LogP contribution in [0.3, 0.4) is 0 Å². The van der Waals surface area contributed by atoms with Crippen molar-refractivity contribution in [1.82, 2.24) is 15.5 Å². The van der Waals surface area contributed by atoms with E-state index >= 15 is 0 Å². The Morgan fingerprint density at radius 1 is 1.71 bits per heavy atom. The van der Waals surface area contributed by atoms with Crippen LogP contribution in [0.5, 0.6) is 0 Å². The molecule has 0 aliphatic rings. The largest absolute Gasteiger partial charge is 0.328 e. The highest BCUT2D eigenvalue weighted by Crippen LogP contribution is 2.00. The van der Waals surface area contributed by atoms with Crippen molar-refractivity contribution in [2.24, 2.45) is 0 Å². The number of nitrogens with one attached hydrogen (secondary N) is 2. The van der Waals surface area contributed by atoms with Crippen molar-refractivity contribution in [3.05, 3.63) is 5.82 Å². The lowest BCUT2D eigenvalue weighted by Crippen LogP contribution is -2.28. The highest BCUT2D eigenvalue weighted by molar-refractivity contribution is 5.90. The Kier molecular flexibility index (Phi) is 3.64. The molecule has 1 rings (SSSR count). The molecule has 0 bridgehead atoms.